The van der Waals surface area contributed by atoms with E-state index in [4.69, 9.17) is 76.3 Å². The van der Waals surface area contributed by atoms with Gasteiger partial charge >= 0.3 is 41.8 Å². The van der Waals surface area contributed by atoms with Crippen LogP contribution in [-0.2, 0) is 62.0 Å². The van der Waals surface area contributed by atoms with Crippen LogP contribution < -0.4 is 37.9 Å². The summed E-state index contributed by atoms with van der Waals surface area (Å²) in [5, 5.41) is 0. The SMILES string of the molecule is C=CC(=O)OCCCCCCOc1ccc(OC(=O)C2CCC(COc3cccc(-c4nc5cc(OCCOCCOC(=O)C=C)c(OCCOCCOC(=O)C=C)cc5nc4-c4cccc(OC(=O)C5CCC(C(=O)Oc6ccc(OCCCCCCOC(=O)C=C)cc6)CC5)c4)c3)CC2)cc1. The molecule has 8 rings (SSSR count). The number of nitrogens with zero attached hydrogens (tertiary/aromatic N) is 2. The van der Waals surface area contributed by atoms with Crippen molar-refractivity contribution in [2.24, 2.45) is 23.7 Å². The van der Waals surface area contributed by atoms with Gasteiger partial charge in [0.1, 0.15) is 60.9 Å². The van der Waals surface area contributed by atoms with Gasteiger partial charge in [0.2, 0.25) is 0 Å². The fourth-order valence-corrected chi connectivity index (χ4v) is 11.4. The molecule has 2 fully saturated rings. The third-order valence-corrected chi connectivity index (χ3v) is 17.0. The number of carbonyl (C=O) groups is 7. The Labute approximate surface area is 600 Å². The van der Waals surface area contributed by atoms with Crippen molar-refractivity contribution in [1.82, 2.24) is 9.97 Å². The standard InChI is InChI=1S/C80H92N2O21/c1-5-72(83)96-41-15-11-9-13-39-92-62-31-35-64(36-32-62)101-78(87)57-25-23-56(24-26-57)55-100-66-21-17-19-60(51-66)76-77(82-69-54-71(95-48-44-91-46-50-99-75(86)8-4)70(53-68(69)81-76)94-47-43-90-45-49-98-74(85)7-3)61-20-18-22-67(52-61)103-80(89)59-29-27-58(28-30-59)79(88)102-65-37-33-63(34-38-65)93-40-14-10-12-16-42-97-73(84)6-2/h5-8,17-22,31-38,51-54,56-59H,1-4,9-16,23-30,39-50,55H2. The third kappa shape index (κ3) is 27.1. The van der Waals surface area contributed by atoms with Crippen molar-refractivity contribution in [3.63, 3.8) is 0 Å². The van der Waals surface area contributed by atoms with Crippen LogP contribution in [-0.4, -0.2) is 138 Å². The van der Waals surface area contributed by atoms with Gasteiger partial charge in [0, 0.05) is 47.6 Å². The van der Waals surface area contributed by atoms with Gasteiger partial charge in [0.25, 0.3) is 0 Å². The topological polar surface area (TPSA) is 274 Å². The van der Waals surface area contributed by atoms with Crippen LogP contribution in [0.2, 0.25) is 0 Å². The Bertz CT molecular complexity index is 3760. The summed E-state index contributed by atoms with van der Waals surface area (Å²) in [7, 11) is 0. The minimum atomic E-state index is -0.564. The largest absolute Gasteiger partial charge is 0.494 e. The molecule has 0 radical (unpaired) electrons. The first-order valence-electron chi connectivity index (χ1n) is 35.2. The van der Waals surface area contributed by atoms with E-state index < -0.39 is 41.7 Å². The monoisotopic (exact) mass is 1420 g/mol. The summed E-state index contributed by atoms with van der Waals surface area (Å²) in [6.45, 7) is 16.5. The predicted molar refractivity (Wildman–Crippen MR) is 382 cm³/mol. The maximum absolute atomic E-state index is 14.0. The number of ether oxygens (including phenoxy) is 14. The molecule has 0 atom stereocenters. The molecule has 0 unspecified atom stereocenters. The highest BCUT2D eigenvalue weighted by Gasteiger charge is 2.33. The second-order valence-corrected chi connectivity index (χ2v) is 24.5. The van der Waals surface area contributed by atoms with Gasteiger partial charge in [-0.1, -0.05) is 50.6 Å². The smallest absolute Gasteiger partial charge is 0.330 e. The maximum atomic E-state index is 14.0. The van der Waals surface area contributed by atoms with E-state index >= 15 is 0 Å². The number of benzene rings is 5. The van der Waals surface area contributed by atoms with Crippen LogP contribution >= 0.6 is 0 Å². The number of carbonyl (C=O) groups excluding carboxylic acids is 7. The number of rotatable bonds is 45. The molecule has 5 aromatic carbocycles. The molecule has 23 nitrogen and oxygen atoms in total. The van der Waals surface area contributed by atoms with Crippen molar-refractivity contribution >= 4 is 52.8 Å². The van der Waals surface area contributed by atoms with Crippen LogP contribution in [0.1, 0.15) is 103 Å². The van der Waals surface area contributed by atoms with Gasteiger partial charge in [-0.25, -0.2) is 29.1 Å². The Morgan fingerprint density at radius 3 is 1.11 bits per heavy atom. The summed E-state index contributed by atoms with van der Waals surface area (Å²) in [6, 6.07) is 32.0. The molecular formula is C80H92N2O21. The van der Waals surface area contributed by atoms with E-state index in [1.165, 1.54) is 0 Å². The molecule has 0 saturated heterocycles. The summed E-state index contributed by atoms with van der Waals surface area (Å²) in [6.07, 6.45) is 15.9. The Hall–Kier alpha value is -10.4. The molecule has 0 bridgehead atoms. The number of hydrogen-bond donors (Lipinski definition) is 0. The van der Waals surface area contributed by atoms with Crippen LogP contribution in [0.5, 0.6) is 46.0 Å². The molecule has 6 aromatic rings. The molecule has 0 aliphatic heterocycles. The fraction of sp³-hybridized carbons (Fsp3) is 0.412. The van der Waals surface area contributed by atoms with E-state index in [0.29, 0.717) is 145 Å². The van der Waals surface area contributed by atoms with Gasteiger partial charge in [0.15, 0.2) is 11.5 Å². The van der Waals surface area contributed by atoms with Gasteiger partial charge in [-0.05, 0) is 181 Å². The Kier molecular flexibility index (Phi) is 33.0. The Balaban J connectivity index is 0.912. The molecule has 0 N–H and O–H groups in total. The first kappa shape index (κ1) is 78.3. The van der Waals surface area contributed by atoms with E-state index in [1.807, 2.05) is 30.3 Å². The molecule has 548 valence electrons. The first-order chi connectivity index (χ1) is 50.3. The number of hydrogen-bond acceptors (Lipinski definition) is 23. The van der Waals surface area contributed by atoms with Crippen molar-refractivity contribution < 1.29 is 99.9 Å². The van der Waals surface area contributed by atoms with Crippen LogP contribution in [0.25, 0.3) is 33.5 Å². The number of unbranched alkanes of at least 4 members (excludes halogenated alkanes) is 6. The number of esters is 7. The summed E-state index contributed by atoms with van der Waals surface area (Å²) < 4.78 is 79.9. The molecule has 0 amide bonds. The lowest BCUT2D eigenvalue weighted by atomic mass is 9.82. The molecule has 1 aromatic heterocycles. The zero-order valence-electron chi connectivity index (χ0n) is 58.3. The fourth-order valence-electron chi connectivity index (χ4n) is 11.4. The van der Waals surface area contributed by atoms with Crippen molar-refractivity contribution in [1.29, 1.82) is 0 Å². The second-order valence-electron chi connectivity index (χ2n) is 24.5. The Morgan fingerprint density at radius 1 is 0.340 bits per heavy atom. The second kappa shape index (κ2) is 43.4. The van der Waals surface area contributed by atoms with Crippen molar-refractivity contribution in [2.75, 3.05) is 85.9 Å². The minimum absolute atomic E-state index is 0.0254. The van der Waals surface area contributed by atoms with Crippen LogP contribution in [0.15, 0.2) is 160 Å². The van der Waals surface area contributed by atoms with Gasteiger partial charge < -0.3 is 66.3 Å². The zero-order chi connectivity index (χ0) is 72.8. The van der Waals surface area contributed by atoms with Crippen LogP contribution in [0.3, 0.4) is 0 Å². The molecule has 2 aliphatic rings. The first-order valence-corrected chi connectivity index (χ1v) is 35.2. The molecular weight excluding hydrogens is 1320 g/mol. The number of aromatic nitrogens is 2. The maximum Gasteiger partial charge on any atom is 0.330 e. The minimum Gasteiger partial charge on any atom is -0.494 e. The van der Waals surface area contributed by atoms with E-state index in [2.05, 4.69) is 26.3 Å². The molecule has 2 aliphatic carbocycles. The zero-order valence-corrected chi connectivity index (χ0v) is 58.3. The lowest BCUT2D eigenvalue weighted by Gasteiger charge is -2.27. The summed E-state index contributed by atoms with van der Waals surface area (Å²) >= 11 is 0. The predicted octanol–water partition coefficient (Wildman–Crippen LogP) is 13.7. The lowest BCUT2D eigenvalue weighted by Crippen LogP contribution is -2.30. The van der Waals surface area contributed by atoms with E-state index in [1.54, 1.807) is 78.9 Å². The van der Waals surface area contributed by atoms with E-state index in [-0.39, 0.29) is 82.4 Å². The van der Waals surface area contributed by atoms with E-state index in [0.717, 1.165) is 88.5 Å². The van der Waals surface area contributed by atoms with Crippen molar-refractivity contribution in [3.8, 4) is 68.5 Å². The van der Waals surface area contributed by atoms with Crippen LogP contribution in [0, 0.1) is 23.7 Å². The lowest BCUT2D eigenvalue weighted by molar-refractivity contribution is -0.145. The average Bonchev–Trinajstić information content (AvgIpc) is 0.767. The summed E-state index contributed by atoms with van der Waals surface area (Å²) in [5.41, 5.74) is 3.04. The highest BCUT2D eigenvalue weighted by atomic mass is 16.6. The van der Waals surface area contributed by atoms with Crippen molar-refractivity contribution in [2.45, 2.75) is 103 Å². The number of fused-ring (bicyclic) bond motifs is 1. The quantitative estimate of drug-likeness (QED) is 0.0113. The molecule has 1 heterocycles. The molecule has 0 spiro atoms. The third-order valence-electron chi connectivity index (χ3n) is 17.0. The Morgan fingerprint density at radius 2 is 0.689 bits per heavy atom. The molecule has 23 heteroatoms. The van der Waals surface area contributed by atoms with Gasteiger partial charge in [-0.3, -0.25) is 14.4 Å². The highest BCUT2D eigenvalue weighted by Crippen LogP contribution is 2.40. The van der Waals surface area contributed by atoms with Gasteiger partial charge in [-0.15, -0.1) is 0 Å². The van der Waals surface area contributed by atoms with Crippen LogP contribution in [0.4, 0.5) is 0 Å². The van der Waals surface area contributed by atoms with E-state index in [9.17, 15) is 33.6 Å². The summed E-state index contributed by atoms with van der Waals surface area (Å²) in [4.78, 5) is 96.8. The summed E-state index contributed by atoms with van der Waals surface area (Å²) in [5.74, 6) is -0.287. The van der Waals surface area contributed by atoms with Gasteiger partial charge in [-0.2, -0.15) is 0 Å². The molecule has 2 saturated carbocycles. The van der Waals surface area contributed by atoms with Crippen molar-refractivity contribution in [3.05, 3.63) is 160 Å². The molecule has 103 heavy (non-hydrogen) atoms. The normalized spacial score (nSPS) is 15.4. The highest BCUT2D eigenvalue weighted by molar-refractivity contribution is 5.89. The average molecular weight is 1420 g/mol. The van der Waals surface area contributed by atoms with Gasteiger partial charge in [0.05, 0.1) is 99.6 Å².